The summed E-state index contributed by atoms with van der Waals surface area (Å²) in [6, 6.07) is 0. The molecule has 0 radical (unpaired) electrons. The van der Waals surface area contributed by atoms with E-state index >= 15 is 0 Å². The van der Waals surface area contributed by atoms with Crippen molar-refractivity contribution in [3.8, 4) is 0 Å². The lowest BCUT2D eigenvalue weighted by atomic mass is 9.90. The van der Waals surface area contributed by atoms with E-state index in [0.717, 1.165) is 26.1 Å². The zero-order chi connectivity index (χ0) is 14.1. The summed E-state index contributed by atoms with van der Waals surface area (Å²) in [7, 11) is 0. The number of hydrogen-bond donors (Lipinski definition) is 1. The first kappa shape index (κ1) is 16.9. The monoisotopic (exact) mass is 270 g/mol. The van der Waals surface area contributed by atoms with Crippen LogP contribution in [0.25, 0.3) is 0 Å². The molecule has 19 heavy (non-hydrogen) atoms. The number of ether oxygens (including phenoxy) is 1. The summed E-state index contributed by atoms with van der Waals surface area (Å²) in [5, 5.41) is 3.52. The molecule has 1 N–H and O–H groups in total. The second kappa shape index (κ2) is 8.93. The molecule has 0 saturated carbocycles. The van der Waals surface area contributed by atoms with Crippen molar-refractivity contribution in [2.24, 2.45) is 5.41 Å². The van der Waals surface area contributed by atoms with Crippen molar-refractivity contribution in [2.45, 2.75) is 59.5 Å². The van der Waals surface area contributed by atoms with Crippen LogP contribution in [0.3, 0.4) is 0 Å². The van der Waals surface area contributed by atoms with Gasteiger partial charge in [0.25, 0.3) is 0 Å². The van der Waals surface area contributed by atoms with Crippen LogP contribution >= 0.6 is 0 Å². The van der Waals surface area contributed by atoms with E-state index in [9.17, 15) is 0 Å². The van der Waals surface area contributed by atoms with Crippen LogP contribution in [0.1, 0.15) is 53.4 Å². The van der Waals surface area contributed by atoms with Crippen molar-refractivity contribution >= 4 is 0 Å². The summed E-state index contributed by atoms with van der Waals surface area (Å²) in [5.41, 5.74) is 0.253. The van der Waals surface area contributed by atoms with E-state index in [2.05, 4.69) is 37.9 Å². The van der Waals surface area contributed by atoms with Gasteiger partial charge in [-0.2, -0.15) is 0 Å². The van der Waals surface area contributed by atoms with Gasteiger partial charge in [0.15, 0.2) is 0 Å². The minimum Gasteiger partial charge on any atom is -0.378 e. The van der Waals surface area contributed by atoms with E-state index in [0.29, 0.717) is 6.10 Å². The lowest BCUT2D eigenvalue weighted by molar-refractivity contribution is -0.00558. The SMILES string of the molecule is CC(OCCCNCCCN1CCCC1)C(C)(C)C. The fourth-order valence-electron chi connectivity index (χ4n) is 2.27. The minimum atomic E-state index is 0.253. The molecule has 1 aliphatic heterocycles. The molecule has 1 rings (SSSR count). The molecule has 3 heteroatoms. The van der Waals surface area contributed by atoms with Crippen LogP contribution in [0.5, 0.6) is 0 Å². The van der Waals surface area contributed by atoms with Crippen LogP contribution in [0.15, 0.2) is 0 Å². The second-order valence-electron chi connectivity index (χ2n) is 6.88. The van der Waals surface area contributed by atoms with E-state index < -0.39 is 0 Å². The van der Waals surface area contributed by atoms with Crippen LogP contribution in [0.2, 0.25) is 0 Å². The van der Waals surface area contributed by atoms with Crippen LogP contribution in [-0.2, 0) is 4.74 Å². The quantitative estimate of drug-likeness (QED) is 0.652. The Hall–Kier alpha value is -0.120. The molecule has 114 valence electrons. The number of rotatable bonds is 9. The Morgan fingerprint density at radius 1 is 1.11 bits per heavy atom. The molecule has 0 aliphatic carbocycles. The Balaban J connectivity index is 1.83. The molecule has 1 aliphatic rings. The van der Waals surface area contributed by atoms with Crippen LogP contribution in [0.4, 0.5) is 0 Å². The van der Waals surface area contributed by atoms with Gasteiger partial charge in [0.05, 0.1) is 6.10 Å². The summed E-state index contributed by atoms with van der Waals surface area (Å²) in [4.78, 5) is 2.58. The highest BCUT2D eigenvalue weighted by Crippen LogP contribution is 2.21. The summed E-state index contributed by atoms with van der Waals surface area (Å²) < 4.78 is 5.85. The molecule has 1 heterocycles. The van der Waals surface area contributed by atoms with Gasteiger partial charge in [0.2, 0.25) is 0 Å². The topological polar surface area (TPSA) is 24.5 Å². The molecular weight excluding hydrogens is 236 g/mol. The third-order valence-corrected chi connectivity index (χ3v) is 4.11. The molecule has 0 spiro atoms. The zero-order valence-electron chi connectivity index (χ0n) is 13.5. The van der Waals surface area contributed by atoms with Gasteiger partial charge >= 0.3 is 0 Å². The van der Waals surface area contributed by atoms with Gasteiger partial charge in [-0.1, -0.05) is 20.8 Å². The molecule has 0 aromatic carbocycles. The molecule has 1 fully saturated rings. The summed E-state index contributed by atoms with van der Waals surface area (Å²) in [5.74, 6) is 0. The smallest absolute Gasteiger partial charge is 0.0595 e. The Morgan fingerprint density at radius 3 is 2.37 bits per heavy atom. The highest BCUT2D eigenvalue weighted by molar-refractivity contribution is 4.69. The van der Waals surface area contributed by atoms with Crippen molar-refractivity contribution in [1.82, 2.24) is 10.2 Å². The number of nitrogens with zero attached hydrogens (tertiary/aromatic N) is 1. The molecule has 1 unspecified atom stereocenters. The second-order valence-corrected chi connectivity index (χ2v) is 6.88. The van der Waals surface area contributed by atoms with E-state index in [1.807, 2.05) is 0 Å². The summed E-state index contributed by atoms with van der Waals surface area (Å²) in [6.07, 6.45) is 5.53. The van der Waals surface area contributed by atoms with E-state index in [1.54, 1.807) is 0 Å². The first-order valence-corrected chi connectivity index (χ1v) is 8.05. The molecule has 0 amide bonds. The van der Waals surface area contributed by atoms with Crippen molar-refractivity contribution in [2.75, 3.05) is 39.3 Å². The average molecular weight is 270 g/mol. The molecule has 0 aromatic rings. The number of hydrogen-bond acceptors (Lipinski definition) is 3. The van der Waals surface area contributed by atoms with Crippen LogP contribution < -0.4 is 5.32 Å². The Bertz CT molecular complexity index is 219. The third kappa shape index (κ3) is 7.91. The maximum absolute atomic E-state index is 5.85. The van der Waals surface area contributed by atoms with Crippen molar-refractivity contribution in [3.63, 3.8) is 0 Å². The van der Waals surface area contributed by atoms with Crippen molar-refractivity contribution < 1.29 is 4.74 Å². The van der Waals surface area contributed by atoms with Crippen LogP contribution in [-0.4, -0.2) is 50.3 Å². The van der Waals surface area contributed by atoms with E-state index in [1.165, 1.54) is 38.9 Å². The fraction of sp³-hybridized carbons (Fsp3) is 1.00. The Kier molecular flexibility index (Phi) is 7.96. The molecular formula is C16H34N2O. The number of nitrogens with one attached hydrogen (secondary N) is 1. The zero-order valence-corrected chi connectivity index (χ0v) is 13.5. The standard InChI is InChI=1S/C16H34N2O/c1-15(16(2,3)4)19-14-8-10-17-9-7-13-18-11-5-6-12-18/h15,17H,5-14H2,1-4H3. The summed E-state index contributed by atoms with van der Waals surface area (Å²) >= 11 is 0. The third-order valence-electron chi connectivity index (χ3n) is 4.11. The van der Waals surface area contributed by atoms with Crippen molar-refractivity contribution in [3.05, 3.63) is 0 Å². The molecule has 1 saturated heterocycles. The largest absolute Gasteiger partial charge is 0.378 e. The first-order valence-electron chi connectivity index (χ1n) is 8.05. The lowest BCUT2D eigenvalue weighted by Crippen LogP contribution is -2.28. The van der Waals surface area contributed by atoms with Gasteiger partial charge in [-0.05, 0) is 70.7 Å². The van der Waals surface area contributed by atoms with Gasteiger partial charge in [0, 0.05) is 6.61 Å². The van der Waals surface area contributed by atoms with Gasteiger partial charge in [-0.15, -0.1) is 0 Å². The van der Waals surface area contributed by atoms with Gasteiger partial charge in [-0.25, -0.2) is 0 Å². The maximum Gasteiger partial charge on any atom is 0.0595 e. The van der Waals surface area contributed by atoms with Gasteiger partial charge in [0.1, 0.15) is 0 Å². The van der Waals surface area contributed by atoms with E-state index in [-0.39, 0.29) is 5.41 Å². The predicted octanol–water partition coefficient (Wildman–Crippen LogP) is 2.90. The van der Waals surface area contributed by atoms with Crippen molar-refractivity contribution in [1.29, 1.82) is 0 Å². The Morgan fingerprint density at radius 2 is 1.74 bits per heavy atom. The van der Waals surface area contributed by atoms with Crippen LogP contribution in [0, 0.1) is 5.41 Å². The number of likely N-dealkylation sites (tertiary alicyclic amines) is 1. The molecule has 3 nitrogen and oxygen atoms in total. The predicted molar refractivity (Wildman–Crippen MR) is 82.6 cm³/mol. The van der Waals surface area contributed by atoms with Gasteiger partial charge in [-0.3, -0.25) is 0 Å². The average Bonchev–Trinajstić information content (AvgIpc) is 2.84. The van der Waals surface area contributed by atoms with Gasteiger partial charge < -0.3 is 15.0 Å². The maximum atomic E-state index is 5.85. The summed E-state index contributed by atoms with van der Waals surface area (Å²) in [6.45, 7) is 15.9. The van der Waals surface area contributed by atoms with E-state index in [4.69, 9.17) is 4.74 Å². The molecule has 0 aromatic heterocycles. The fourth-order valence-corrected chi connectivity index (χ4v) is 2.27. The first-order chi connectivity index (χ1) is 9.00. The highest BCUT2D eigenvalue weighted by atomic mass is 16.5. The minimum absolute atomic E-state index is 0.253. The normalized spacial score (nSPS) is 18.9. The Labute approximate surface area is 120 Å². The molecule has 1 atom stereocenters. The highest BCUT2D eigenvalue weighted by Gasteiger charge is 2.19. The molecule has 0 bridgehead atoms. The lowest BCUT2D eigenvalue weighted by Gasteiger charge is -2.27.